The molecule has 0 radical (unpaired) electrons. The molecule has 1 aromatic rings. The SMILES string of the molecule is C=CCc1c(C(=O)OC)ccc(CN=O)c1O. The molecule has 0 saturated carbocycles. The van der Waals surface area contributed by atoms with Crippen LogP contribution < -0.4 is 0 Å². The molecule has 90 valence electrons. The Labute approximate surface area is 98.7 Å². The van der Waals surface area contributed by atoms with Crippen LogP contribution in [0, 0.1) is 4.91 Å². The van der Waals surface area contributed by atoms with Crippen molar-refractivity contribution < 1.29 is 14.6 Å². The number of rotatable bonds is 5. The lowest BCUT2D eigenvalue weighted by Crippen LogP contribution is -2.06. The number of ether oxygens (including phenoxy) is 1. The predicted molar refractivity (Wildman–Crippen MR) is 62.8 cm³/mol. The summed E-state index contributed by atoms with van der Waals surface area (Å²) in [5, 5.41) is 12.6. The number of hydrogen-bond donors (Lipinski definition) is 1. The molecule has 0 atom stereocenters. The highest BCUT2D eigenvalue weighted by Gasteiger charge is 2.17. The van der Waals surface area contributed by atoms with E-state index in [1.807, 2.05) is 0 Å². The number of carbonyl (C=O) groups is 1. The Morgan fingerprint density at radius 3 is 2.82 bits per heavy atom. The molecule has 0 spiro atoms. The molecule has 0 aliphatic carbocycles. The molecule has 0 amide bonds. The van der Waals surface area contributed by atoms with Crippen molar-refractivity contribution in [2.75, 3.05) is 7.11 Å². The maximum Gasteiger partial charge on any atom is 0.338 e. The van der Waals surface area contributed by atoms with Crippen LogP contribution in [0.5, 0.6) is 5.75 Å². The molecule has 0 fully saturated rings. The minimum absolute atomic E-state index is 0.104. The van der Waals surface area contributed by atoms with Crippen LogP contribution in [0.25, 0.3) is 0 Å². The molecule has 0 saturated heterocycles. The fraction of sp³-hybridized carbons (Fsp3) is 0.250. The van der Waals surface area contributed by atoms with Crippen LogP contribution in [0.15, 0.2) is 30.0 Å². The van der Waals surface area contributed by atoms with Crippen LogP contribution in [0.3, 0.4) is 0 Å². The molecule has 1 aromatic carbocycles. The highest BCUT2D eigenvalue weighted by Crippen LogP contribution is 2.28. The molecular weight excluding hydrogens is 222 g/mol. The summed E-state index contributed by atoms with van der Waals surface area (Å²) >= 11 is 0. The number of phenols is 1. The van der Waals surface area contributed by atoms with Gasteiger partial charge < -0.3 is 9.84 Å². The summed E-state index contributed by atoms with van der Waals surface area (Å²) in [6.07, 6.45) is 1.86. The average Bonchev–Trinajstić information content (AvgIpc) is 2.34. The minimum atomic E-state index is -0.539. The second-order valence-electron chi connectivity index (χ2n) is 3.37. The van der Waals surface area contributed by atoms with Gasteiger partial charge in [0.2, 0.25) is 0 Å². The molecule has 0 aromatic heterocycles. The molecule has 5 heteroatoms. The van der Waals surface area contributed by atoms with Gasteiger partial charge in [-0.1, -0.05) is 17.3 Å². The number of allylic oxidation sites excluding steroid dienone is 1. The molecule has 5 nitrogen and oxygen atoms in total. The lowest BCUT2D eigenvalue weighted by molar-refractivity contribution is 0.0599. The van der Waals surface area contributed by atoms with Crippen molar-refractivity contribution in [3.05, 3.63) is 46.4 Å². The number of nitroso groups, excluding NO2 is 1. The largest absolute Gasteiger partial charge is 0.507 e. The lowest BCUT2D eigenvalue weighted by Gasteiger charge is -2.11. The number of methoxy groups -OCH3 is 1. The van der Waals surface area contributed by atoms with Crippen LogP contribution >= 0.6 is 0 Å². The summed E-state index contributed by atoms with van der Waals surface area (Å²) in [5.41, 5.74) is 1.04. The zero-order valence-electron chi connectivity index (χ0n) is 9.47. The van der Waals surface area contributed by atoms with Gasteiger partial charge in [0, 0.05) is 11.1 Å². The maximum atomic E-state index is 11.5. The summed E-state index contributed by atoms with van der Waals surface area (Å²) in [7, 11) is 1.26. The Kier molecular flexibility index (Phi) is 4.39. The zero-order valence-corrected chi connectivity index (χ0v) is 9.47. The summed E-state index contributed by atoms with van der Waals surface area (Å²) in [6, 6.07) is 2.99. The summed E-state index contributed by atoms with van der Waals surface area (Å²) < 4.78 is 4.61. The van der Waals surface area contributed by atoms with Gasteiger partial charge in [-0.05, 0) is 12.5 Å². The van der Waals surface area contributed by atoms with Gasteiger partial charge in [0.1, 0.15) is 12.3 Å². The zero-order chi connectivity index (χ0) is 12.8. The topological polar surface area (TPSA) is 76.0 Å². The van der Waals surface area contributed by atoms with Crippen LogP contribution in [0.4, 0.5) is 0 Å². The lowest BCUT2D eigenvalue weighted by atomic mass is 9.99. The Hall–Kier alpha value is -2.17. The first-order valence-corrected chi connectivity index (χ1v) is 4.97. The number of hydrogen-bond acceptors (Lipinski definition) is 5. The normalized spacial score (nSPS) is 9.71. The second kappa shape index (κ2) is 5.79. The first kappa shape index (κ1) is 12.9. The van der Waals surface area contributed by atoms with E-state index >= 15 is 0 Å². The number of aromatic hydroxyl groups is 1. The van der Waals surface area contributed by atoms with Crippen LogP contribution in [0.2, 0.25) is 0 Å². The molecule has 0 heterocycles. The van der Waals surface area contributed by atoms with Crippen molar-refractivity contribution in [2.24, 2.45) is 5.18 Å². The van der Waals surface area contributed by atoms with Crippen molar-refractivity contribution in [1.82, 2.24) is 0 Å². The first-order chi connectivity index (χ1) is 8.15. The Morgan fingerprint density at radius 2 is 2.29 bits per heavy atom. The molecule has 1 N–H and O–H groups in total. The Bertz CT molecular complexity index is 454. The van der Waals surface area contributed by atoms with Crippen LogP contribution in [-0.2, 0) is 17.7 Å². The van der Waals surface area contributed by atoms with Crippen molar-refractivity contribution in [2.45, 2.75) is 13.0 Å². The van der Waals surface area contributed by atoms with Gasteiger partial charge in [-0.15, -0.1) is 6.58 Å². The summed E-state index contributed by atoms with van der Waals surface area (Å²) in [4.78, 5) is 21.7. The van der Waals surface area contributed by atoms with Gasteiger partial charge in [-0.2, -0.15) is 4.91 Å². The van der Waals surface area contributed by atoms with Crippen LogP contribution in [0.1, 0.15) is 21.5 Å². The third-order valence-electron chi connectivity index (χ3n) is 2.35. The Balaban J connectivity index is 3.32. The first-order valence-electron chi connectivity index (χ1n) is 4.97. The highest BCUT2D eigenvalue weighted by atomic mass is 16.5. The second-order valence-corrected chi connectivity index (χ2v) is 3.37. The molecule has 1 rings (SSSR count). The molecular formula is C12H13NO4. The quantitative estimate of drug-likeness (QED) is 0.482. The van der Waals surface area contributed by atoms with E-state index in [1.54, 1.807) is 6.08 Å². The molecule has 0 unspecified atom stereocenters. The monoisotopic (exact) mass is 235 g/mol. The summed E-state index contributed by atoms with van der Waals surface area (Å²) in [5.74, 6) is -0.643. The summed E-state index contributed by atoms with van der Waals surface area (Å²) in [6.45, 7) is 3.41. The number of nitrogens with zero attached hydrogens (tertiary/aromatic N) is 1. The number of benzene rings is 1. The van der Waals surface area contributed by atoms with Crippen LogP contribution in [-0.4, -0.2) is 18.2 Å². The van der Waals surface area contributed by atoms with Gasteiger partial charge in [-0.3, -0.25) is 0 Å². The number of carbonyl (C=O) groups excluding carboxylic acids is 1. The van der Waals surface area contributed by atoms with E-state index in [4.69, 9.17) is 0 Å². The van der Waals surface area contributed by atoms with E-state index in [2.05, 4.69) is 16.5 Å². The van der Waals surface area contributed by atoms with E-state index in [-0.39, 0.29) is 17.9 Å². The van der Waals surface area contributed by atoms with E-state index in [0.29, 0.717) is 17.5 Å². The van der Waals surface area contributed by atoms with Crippen molar-refractivity contribution in [3.8, 4) is 5.75 Å². The third kappa shape index (κ3) is 2.69. The van der Waals surface area contributed by atoms with Crippen molar-refractivity contribution >= 4 is 5.97 Å². The van der Waals surface area contributed by atoms with Gasteiger partial charge in [0.05, 0.1) is 12.7 Å². The van der Waals surface area contributed by atoms with E-state index in [0.717, 1.165) is 0 Å². The highest BCUT2D eigenvalue weighted by molar-refractivity contribution is 5.92. The van der Waals surface area contributed by atoms with E-state index in [1.165, 1.54) is 19.2 Å². The van der Waals surface area contributed by atoms with Gasteiger partial charge in [-0.25, -0.2) is 4.79 Å². The maximum absolute atomic E-state index is 11.5. The van der Waals surface area contributed by atoms with Gasteiger partial charge >= 0.3 is 5.97 Å². The molecule has 0 aliphatic rings. The smallest absolute Gasteiger partial charge is 0.338 e. The van der Waals surface area contributed by atoms with E-state index in [9.17, 15) is 14.8 Å². The number of esters is 1. The predicted octanol–water partition coefficient (Wildman–Crippen LogP) is 2.17. The van der Waals surface area contributed by atoms with Gasteiger partial charge in [0.15, 0.2) is 0 Å². The minimum Gasteiger partial charge on any atom is -0.507 e. The van der Waals surface area contributed by atoms with Gasteiger partial charge in [0.25, 0.3) is 0 Å². The molecule has 17 heavy (non-hydrogen) atoms. The van der Waals surface area contributed by atoms with Crippen molar-refractivity contribution in [1.29, 1.82) is 0 Å². The fourth-order valence-corrected chi connectivity index (χ4v) is 1.53. The van der Waals surface area contributed by atoms with E-state index < -0.39 is 5.97 Å². The standard InChI is InChI=1S/C12H13NO4/c1-3-4-9-10(12(15)17-2)6-5-8(7-13-16)11(9)14/h3,5-6,14H,1,4,7H2,2H3. The Morgan fingerprint density at radius 1 is 1.59 bits per heavy atom. The number of phenolic OH excluding ortho intramolecular Hbond substituents is 1. The third-order valence-corrected chi connectivity index (χ3v) is 2.35. The average molecular weight is 235 g/mol. The molecule has 0 bridgehead atoms. The molecule has 0 aliphatic heterocycles. The fourth-order valence-electron chi connectivity index (χ4n) is 1.53. The van der Waals surface area contributed by atoms with Crippen molar-refractivity contribution in [3.63, 3.8) is 0 Å².